The van der Waals surface area contributed by atoms with Crippen molar-refractivity contribution in [2.75, 3.05) is 7.11 Å². The number of fused-ring (bicyclic) bond motifs is 1. The zero-order chi connectivity index (χ0) is 21.6. The lowest BCUT2D eigenvalue weighted by molar-refractivity contribution is 0.0944. The largest absolute Gasteiger partial charge is 0.496 e. The number of nitrogens with zero attached hydrogens (tertiary/aromatic N) is 3. The molecule has 0 saturated heterocycles. The summed E-state index contributed by atoms with van der Waals surface area (Å²) in [5.41, 5.74) is 3.83. The second-order valence-corrected chi connectivity index (χ2v) is 8.23. The average Bonchev–Trinajstić information content (AvgIpc) is 3.24. The van der Waals surface area contributed by atoms with E-state index >= 15 is 0 Å². The minimum absolute atomic E-state index is 0.331. The Balaban J connectivity index is 1.74. The maximum Gasteiger partial charge on any atom is 0.255 e. The van der Waals surface area contributed by atoms with E-state index < -0.39 is 17.6 Å². The molecule has 0 spiro atoms. The summed E-state index contributed by atoms with van der Waals surface area (Å²) in [5.74, 6) is 0.0957. The molecule has 1 unspecified atom stereocenters. The molecule has 30 heavy (non-hydrogen) atoms. The first-order valence-corrected chi connectivity index (χ1v) is 9.78. The predicted molar refractivity (Wildman–Crippen MR) is 111 cm³/mol. The summed E-state index contributed by atoms with van der Waals surface area (Å²) in [5, 5.41) is 12.1. The molecule has 1 fully saturated rings. The maximum absolute atomic E-state index is 13.2. The van der Waals surface area contributed by atoms with Crippen molar-refractivity contribution in [3.63, 3.8) is 0 Å². The van der Waals surface area contributed by atoms with Crippen LogP contribution in [0.25, 0.3) is 16.9 Å². The molecule has 0 bridgehead atoms. The Morgan fingerprint density at radius 1 is 1.40 bits per heavy atom. The predicted octanol–water partition coefficient (Wildman–Crippen LogP) is 3.96. The van der Waals surface area contributed by atoms with Crippen molar-refractivity contribution in [1.29, 1.82) is 5.26 Å². The fraction of sp³-hybridized carbons (Fsp3) is 0.348. The first-order valence-electron chi connectivity index (χ1n) is 9.78. The van der Waals surface area contributed by atoms with Gasteiger partial charge in [0.2, 0.25) is 0 Å². The van der Waals surface area contributed by atoms with Gasteiger partial charge in [-0.2, -0.15) is 5.26 Å². The number of carbonyl (C=O) groups excluding carboxylic acids is 1. The number of pyridine rings is 1. The number of halogens is 1. The number of benzene rings is 1. The molecule has 7 heteroatoms. The molecule has 3 aromatic rings. The molecule has 1 saturated carbocycles. The molecule has 0 radical (unpaired) electrons. The average molecular weight is 406 g/mol. The van der Waals surface area contributed by atoms with Crippen LogP contribution in [-0.2, 0) is 5.41 Å². The number of nitrogens with one attached hydrogen (secondary N) is 1. The molecule has 2 atom stereocenters. The fourth-order valence-electron chi connectivity index (χ4n) is 3.56. The van der Waals surface area contributed by atoms with Crippen LogP contribution in [0.15, 0.2) is 36.7 Å². The zero-order valence-electron chi connectivity index (χ0n) is 17.4. The van der Waals surface area contributed by atoms with Gasteiger partial charge in [-0.1, -0.05) is 0 Å². The quantitative estimate of drug-likeness (QED) is 0.696. The van der Waals surface area contributed by atoms with Gasteiger partial charge in [-0.05, 0) is 56.2 Å². The van der Waals surface area contributed by atoms with Gasteiger partial charge in [0.05, 0.1) is 42.1 Å². The third kappa shape index (κ3) is 3.39. The van der Waals surface area contributed by atoms with Gasteiger partial charge in [-0.15, -0.1) is 0 Å². The van der Waals surface area contributed by atoms with Gasteiger partial charge < -0.3 is 10.1 Å². The summed E-state index contributed by atoms with van der Waals surface area (Å²) < 4.78 is 20.6. The lowest BCUT2D eigenvalue weighted by Gasteiger charge is -2.16. The molecule has 6 nitrogen and oxygen atoms in total. The number of aryl methyl sites for hydroxylation is 1. The van der Waals surface area contributed by atoms with Crippen molar-refractivity contribution in [3.05, 3.63) is 53.3 Å². The van der Waals surface area contributed by atoms with E-state index in [9.17, 15) is 14.4 Å². The third-order valence-corrected chi connectivity index (χ3v) is 5.59. The Bertz CT molecular complexity index is 1190. The Kier molecular flexibility index (Phi) is 4.73. The second-order valence-electron chi connectivity index (χ2n) is 8.23. The summed E-state index contributed by atoms with van der Waals surface area (Å²) >= 11 is 0. The first kappa shape index (κ1) is 19.9. The van der Waals surface area contributed by atoms with Crippen molar-refractivity contribution >= 4 is 11.6 Å². The van der Waals surface area contributed by atoms with Crippen LogP contribution in [0.2, 0.25) is 0 Å². The van der Waals surface area contributed by atoms with Crippen molar-refractivity contribution in [1.82, 2.24) is 14.7 Å². The van der Waals surface area contributed by atoms with Crippen molar-refractivity contribution in [3.8, 4) is 23.1 Å². The molecular formula is C23H23FN4O2. The molecule has 1 aromatic carbocycles. The number of amides is 1. The van der Waals surface area contributed by atoms with Crippen LogP contribution in [0.4, 0.5) is 4.39 Å². The van der Waals surface area contributed by atoms with E-state index in [0.29, 0.717) is 17.7 Å². The van der Waals surface area contributed by atoms with Crippen LogP contribution in [0, 0.1) is 18.3 Å². The summed E-state index contributed by atoms with van der Waals surface area (Å²) in [6, 6.07) is 9.40. The van der Waals surface area contributed by atoms with E-state index in [1.165, 1.54) is 7.11 Å². The van der Waals surface area contributed by atoms with Crippen molar-refractivity contribution in [2.24, 2.45) is 0 Å². The van der Waals surface area contributed by atoms with Crippen LogP contribution < -0.4 is 10.1 Å². The lowest BCUT2D eigenvalue weighted by atomic mass is 9.87. The molecule has 2 heterocycles. The van der Waals surface area contributed by atoms with Gasteiger partial charge in [0.25, 0.3) is 5.91 Å². The van der Waals surface area contributed by atoms with Gasteiger partial charge in [0.15, 0.2) is 0 Å². The SMILES string of the molecule is COc1cc(-c2cnc3cc(C(C)(C)C#N)ccn23)cc(C)c1C(=O)NC1C[C@H]1F. The minimum atomic E-state index is -0.964. The minimum Gasteiger partial charge on any atom is -0.496 e. The molecule has 0 aliphatic heterocycles. The first-order chi connectivity index (χ1) is 14.2. The van der Waals surface area contributed by atoms with E-state index in [4.69, 9.17) is 4.74 Å². The highest BCUT2D eigenvalue weighted by Crippen LogP contribution is 2.33. The lowest BCUT2D eigenvalue weighted by Crippen LogP contribution is -2.28. The summed E-state index contributed by atoms with van der Waals surface area (Å²) in [6.07, 6.45) is 3.04. The molecule has 4 rings (SSSR count). The number of ether oxygens (including phenoxy) is 1. The van der Waals surface area contributed by atoms with Crippen LogP contribution in [0.1, 0.15) is 41.8 Å². The standard InChI is InChI=1S/C23H23FN4O2/c1-13-7-14(8-19(30-4)21(13)22(29)27-17-10-16(17)24)18-11-26-20-9-15(5-6-28(18)20)23(2,3)12-25/h5-9,11,16-17H,10H2,1-4H3,(H,27,29)/t16-,17?/m1/s1. The molecular weight excluding hydrogens is 383 g/mol. The monoisotopic (exact) mass is 406 g/mol. The number of methoxy groups -OCH3 is 1. The van der Waals surface area contributed by atoms with Gasteiger partial charge in [0.1, 0.15) is 17.6 Å². The highest BCUT2D eigenvalue weighted by molar-refractivity contribution is 5.99. The summed E-state index contributed by atoms with van der Waals surface area (Å²) in [6.45, 7) is 5.57. The molecule has 1 amide bonds. The number of hydrogen-bond acceptors (Lipinski definition) is 4. The summed E-state index contributed by atoms with van der Waals surface area (Å²) in [7, 11) is 1.51. The number of hydrogen-bond donors (Lipinski definition) is 1. The highest BCUT2D eigenvalue weighted by Gasteiger charge is 2.39. The van der Waals surface area contributed by atoms with E-state index in [1.54, 1.807) is 12.3 Å². The van der Waals surface area contributed by atoms with Crippen LogP contribution in [0.5, 0.6) is 5.75 Å². The molecule has 154 valence electrons. The number of carbonyl (C=O) groups is 1. The number of aromatic nitrogens is 2. The maximum atomic E-state index is 13.2. The Labute approximate surface area is 174 Å². The topological polar surface area (TPSA) is 79.4 Å². The highest BCUT2D eigenvalue weighted by atomic mass is 19.1. The fourth-order valence-corrected chi connectivity index (χ4v) is 3.56. The van der Waals surface area contributed by atoms with Crippen LogP contribution >= 0.6 is 0 Å². The van der Waals surface area contributed by atoms with Crippen molar-refractivity contribution in [2.45, 2.75) is 44.8 Å². The number of imidazole rings is 1. The van der Waals surface area contributed by atoms with Crippen LogP contribution in [-0.4, -0.2) is 34.6 Å². The number of nitriles is 1. The molecule has 1 aliphatic rings. The van der Waals surface area contributed by atoms with Crippen molar-refractivity contribution < 1.29 is 13.9 Å². The number of rotatable bonds is 5. The normalized spacial score (nSPS) is 18.1. The van der Waals surface area contributed by atoms with E-state index in [2.05, 4.69) is 16.4 Å². The number of alkyl halides is 1. The smallest absolute Gasteiger partial charge is 0.255 e. The van der Waals surface area contributed by atoms with Gasteiger partial charge >= 0.3 is 0 Å². The second kappa shape index (κ2) is 7.13. The van der Waals surface area contributed by atoms with Gasteiger partial charge in [-0.3, -0.25) is 9.20 Å². The molecule has 2 aromatic heterocycles. The Morgan fingerprint density at radius 2 is 2.13 bits per heavy atom. The Morgan fingerprint density at radius 3 is 2.77 bits per heavy atom. The Hall–Kier alpha value is -3.40. The molecule has 1 N–H and O–H groups in total. The van der Waals surface area contributed by atoms with E-state index in [-0.39, 0.29) is 5.91 Å². The van der Waals surface area contributed by atoms with E-state index in [1.807, 2.05) is 49.6 Å². The zero-order valence-corrected chi connectivity index (χ0v) is 17.4. The van der Waals surface area contributed by atoms with Crippen LogP contribution in [0.3, 0.4) is 0 Å². The van der Waals surface area contributed by atoms with Gasteiger partial charge in [0, 0.05) is 18.2 Å². The van der Waals surface area contributed by atoms with Gasteiger partial charge in [-0.25, -0.2) is 9.37 Å². The third-order valence-electron chi connectivity index (χ3n) is 5.59. The summed E-state index contributed by atoms with van der Waals surface area (Å²) in [4.78, 5) is 17.1. The van der Waals surface area contributed by atoms with E-state index in [0.717, 1.165) is 28.0 Å². The molecule has 1 aliphatic carbocycles.